The second kappa shape index (κ2) is 7.69. The van der Waals surface area contributed by atoms with Gasteiger partial charge in [0.25, 0.3) is 0 Å². The molecular weight excluding hydrogens is 426 g/mol. The maximum Gasteiger partial charge on any atom is 0.329 e. The van der Waals surface area contributed by atoms with E-state index in [2.05, 4.69) is 31.8 Å². The molecule has 0 unspecified atom stereocenters. The first kappa shape index (κ1) is 18.0. The summed E-state index contributed by atoms with van der Waals surface area (Å²) in [6.45, 7) is 0.160. The number of rotatable bonds is 3. The van der Waals surface area contributed by atoms with Crippen LogP contribution >= 0.6 is 15.9 Å². The molecule has 0 aromatic heterocycles. The van der Waals surface area contributed by atoms with Crippen LogP contribution in [0.25, 0.3) is 10.8 Å². The molecule has 1 heterocycles. The van der Waals surface area contributed by atoms with Crippen LogP contribution in [-0.4, -0.2) is 24.8 Å². The number of hydrazone groups is 1. The molecule has 2 N–H and O–H groups in total. The summed E-state index contributed by atoms with van der Waals surface area (Å²) in [6.07, 6.45) is 1.41. The largest absolute Gasteiger partial charge is 0.454 e. The van der Waals surface area contributed by atoms with Crippen molar-refractivity contribution in [3.63, 3.8) is 0 Å². The maximum absolute atomic E-state index is 12.2. The molecule has 3 aromatic carbocycles. The van der Waals surface area contributed by atoms with Gasteiger partial charge >= 0.3 is 11.8 Å². The molecule has 0 saturated heterocycles. The molecule has 2 amide bonds. The molecule has 8 heteroatoms. The molecule has 4 rings (SSSR count). The highest BCUT2D eigenvalue weighted by Crippen LogP contribution is 2.36. The maximum atomic E-state index is 12.2. The standard InChI is InChI=1S/C20H14BrN3O4/c21-15-9-18-17(27-11-28-18)8-13(15)10-22-24-20(26)19(25)23-16-7-3-5-12-4-1-2-6-14(12)16/h1-10H,11H2,(H,23,25)(H,24,26)/b22-10+. The molecule has 0 fully saturated rings. The molecule has 28 heavy (non-hydrogen) atoms. The first-order valence-electron chi connectivity index (χ1n) is 8.33. The Bertz CT molecular complexity index is 1110. The summed E-state index contributed by atoms with van der Waals surface area (Å²) < 4.78 is 11.3. The Morgan fingerprint density at radius 1 is 1.00 bits per heavy atom. The number of benzene rings is 3. The minimum Gasteiger partial charge on any atom is -0.454 e. The van der Waals surface area contributed by atoms with Gasteiger partial charge in [-0.1, -0.05) is 36.4 Å². The number of hydrogen-bond donors (Lipinski definition) is 2. The molecule has 0 spiro atoms. The van der Waals surface area contributed by atoms with E-state index in [1.54, 1.807) is 18.2 Å². The number of halogens is 1. The Kier molecular flexibility index (Phi) is 4.94. The Morgan fingerprint density at radius 3 is 2.61 bits per heavy atom. The zero-order valence-electron chi connectivity index (χ0n) is 14.4. The summed E-state index contributed by atoms with van der Waals surface area (Å²) >= 11 is 3.39. The number of nitrogens with zero attached hydrogens (tertiary/aromatic N) is 1. The smallest absolute Gasteiger partial charge is 0.329 e. The first-order chi connectivity index (χ1) is 13.6. The molecule has 7 nitrogen and oxygen atoms in total. The van der Waals surface area contributed by atoms with Crippen molar-refractivity contribution in [2.24, 2.45) is 5.10 Å². The number of amides is 2. The number of ether oxygens (including phenoxy) is 2. The molecule has 1 aliphatic rings. The van der Waals surface area contributed by atoms with Crippen molar-refractivity contribution < 1.29 is 19.1 Å². The number of carbonyl (C=O) groups excluding carboxylic acids is 2. The Labute approximate surface area is 168 Å². The van der Waals surface area contributed by atoms with Crippen LogP contribution in [0.5, 0.6) is 11.5 Å². The lowest BCUT2D eigenvalue weighted by molar-refractivity contribution is -0.136. The van der Waals surface area contributed by atoms with Gasteiger partial charge in [0.1, 0.15) is 0 Å². The van der Waals surface area contributed by atoms with E-state index in [0.717, 1.165) is 15.2 Å². The molecule has 140 valence electrons. The highest BCUT2D eigenvalue weighted by molar-refractivity contribution is 9.10. The zero-order valence-corrected chi connectivity index (χ0v) is 16.0. The summed E-state index contributed by atoms with van der Waals surface area (Å²) in [7, 11) is 0. The van der Waals surface area contributed by atoms with E-state index >= 15 is 0 Å². The van der Waals surface area contributed by atoms with Crippen LogP contribution in [0, 0.1) is 0 Å². The van der Waals surface area contributed by atoms with E-state index in [1.165, 1.54) is 6.21 Å². The fourth-order valence-electron chi connectivity index (χ4n) is 2.76. The summed E-state index contributed by atoms with van der Waals surface area (Å²) in [5.74, 6) is -0.466. The topological polar surface area (TPSA) is 89.0 Å². The van der Waals surface area contributed by atoms with E-state index in [4.69, 9.17) is 9.47 Å². The highest BCUT2D eigenvalue weighted by Gasteiger charge is 2.16. The molecule has 3 aromatic rings. The summed E-state index contributed by atoms with van der Waals surface area (Å²) in [5.41, 5.74) is 3.44. The predicted octanol–water partition coefficient (Wildman–Crippen LogP) is 3.42. The Hall–Kier alpha value is -3.39. The highest BCUT2D eigenvalue weighted by atomic mass is 79.9. The van der Waals surface area contributed by atoms with E-state index in [1.807, 2.05) is 36.4 Å². The average molecular weight is 440 g/mol. The molecule has 0 bridgehead atoms. The second-order valence-electron chi connectivity index (χ2n) is 5.91. The van der Waals surface area contributed by atoms with E-state index < -0.39 is 11.8 Å². The van der Waals surface area contributed by atoms with Crippen molar-refractivity contribution in [1.29, 1.82) is 0 Å². The van der Waals surface area contributed by atoms with Crippen LogP contribution in [0.3, 0.4) is 0 Å². The van der Waals surface area contributed by atoms with Gasteiger partial charge in [-0.15, -0.1) is 0 Å². The lowest BCUT2D eigenvalue weighted by Crippen LogP contribution is -2.32. The molecular formula is C20H14BrN3O4. The summed E-state index contributed by atoms with van der Waals surface area (Å²) in [4.78, 5) is 24.2. The Morgan fingerprint density at radius 2 is 1.75 bits per heavy atom. The average Bonchev–Trinajstić information content (AvgIpc) is 3.15. The third-order valence-corrected chi connectivity index (χ3v) is 4.79. The summed E-state index contributed by atoms with van der Waals surface area (Å²) in [5, 5.41) is 8.26. The van der Waals surface area contributed by atoms with Crippen LogP contribution in [0.15, 0.2) is 64.2 Å². The van der Waals surface area contributed by atoms with Crippen LogP contribution in [-0.2, 0) is 9.59 Å². The molecule has 0 saturated carbocycles. The van der Waals surface area contributed by atoms with Gasteiger partial charge in [0, 0.05) is 21.1 Å². The van der Waals surface area contributed by atoms with Crippen LogP contribution in [0.4, 0.5) is 5.69 Å². The zero-order chi connectivity index (χ0) is 19.5. The van der Waals surface area contributed by atoms with Crippen molar-refractivity contribution in [3.05, 3.63) is 64.6 Å². The normalized spacial score (nSPS) is 12.3. The number of fused-ring (bicyclic) bond motifs is 2. The minimum atomic E-state index is -0.874. The summed E-state index contributed by atoms with van der Waals surface area (Å²) in [6, 6.07) is 16.5. The molecule has 0 radical (unpaired) electrons. The number of carbonyl (C=O) groups is 2. The fourth-order valence-corrected chi connectivity index (χ4v) is 3.18. The van der Waals surface area contributed by atoms with Crippen molar-refractivity contribution >= 4 is 50.4 Å². The van der Waals surface area contributed by atoms with Gasteiger partial charge in [-0.05, 0) is 39.5 Å². The number of anilines is 1. The van der Waals surface area contributed by atoms with Gasteiger partial charge < -0.3 is 14.8 Å². The fraction of sp³-hybridized carbons (Fsp3) is 0.0500. The van der Waals surface area contributed by atoms with Crippen molar-refractivity contribution in [2.45, 2.75) is 0 Å². The van der Waals surface area contributed by atoms with Gasteiger partial charge in [-0.25, -0.2) is 5.43 Å². The molecule has 0 aliphatic carbocycles. The van der Waals surface area contributed by atoms with E-state index in [9.17, 15) is 9.59 Å². The third kappa shape index (κ3) is 3.67. The molecule has 1 aliphatic heterocycles. The minimum absolute atomic E-state index is 0.160. The second-order valence-corrected chi connectivity index (χ2v) is 6.76. The van der Waals surface area contributed by atoms with Crippen LogP contribution < -0.4 is 20.2 Å². The quantitative estimate of drug-likeness (QED) is 0.371. The third-order valence-electron chi connectivity index (χ3n) is 4.11. The van der Waals surface area contributed by atoms with Crippen LogP contribution in [0.2, 0.25) is 0 Å². The van der Waals surface area contributed by atoms with Gasteiger partial charge in [-0.2, -0.15) is 5.10 Å². The number of hydrogen-bond acceptors (Lipinski definition) is 5. The van der Waals surface area contributed by atoms with Crippen molar-refractivity contribution in [3.8, 4) is 11.5 Å². The van der Waals surface area contributed by atoms with Gasteiger partial charge in [0.05, 0.1) is 6.21 Å². The lowest BCUT2D eigenvalue weighted by atomic mass is 10.1. The van der Waals surface area contributed by atoms with E-state index in [-0.39, 0.29) is 6.79 Å². The van der Waals surface area contributed by atoms with E-state index in [0.29, 0.717) is 22.7 Å². The lowest BCUT2D eigenvalue weighted by Gasteiger charge is -2.07. The monoisotopic (exact) mass is 439 g/mol. The van der Waals surface area contributed by atoms with Crippen molar-refractivity contribution in [1.82, 2.24) is 5.43 Å². The predicted molar refractivity (Wildman–Crippen MR) is 109 cm³/mol. The van der Waals surface area contributed by atoms with Crippen molar-refractivity contribution in [2.75, 3.05) is 12.1 Å². The van der Waals surface area contributed by atoms with Gasteiger partial charge in [0.15, 0.2) is 11.5 Å². The first-order valence-corrected chi connectivity index (χ1v) is 9.12. The SMILES string of the molecule is O=C(N/N=C/c1cc2c(cc1Br)OCO2)C(=O)Nc1cccc2ccccc12. The van der Waals surface area contributed by atoms with Crippen LogP contribution in [0.1, 0.15) is 5.56 Å². The Balaban J connectivity index is 1.42. The number of nitrogens with one attached hydrogen (secondary N) is 2. The van der Waals surface area contributed by atoms with Gasteiger partial charge in [0.2, 0.25) is 6.79 Å². The molecule has 0 atom stereocenters. The van der Waals surface area contributed by atoms with Gasteiger partial charge in [-0.3, -0.25) is 9.59 Å².